The quantitative estimate of drug-likeness (QED) is 0.712. The third kappa shape index (κ3) is 1.69. The van der Waals surface area contributed by atoms with Crippen molar-refractivity contribution in [3.63, 3.8) is 0 Å². The molecule has 0 fully saturated rings. The van der Waals surface area contributed by atoms with Crippen LogP contribution in [0.1, 0.15) is 48.5 Å². The van der Waals surface area contributed by atoms with Gasteiger partial charge >= 0.3 is 0 Å². The average Bonchev–Trinajstić information content (AvgIpc) is 2.33. The second-order valence-corrected chi connectivity index (χ2v) is 4.46. The van der Waals surface area contributed by atoms with Gasteiger partial charge in [-0.2, -0.15) is 0 Å². The van der Waals surface area contributed by atoms with Crippen LogP contribution < -0.4 is 0 Å². The van der Waals surface area contributed by atoms with Gasteiger partial charge in [0.05, 0.1) is 5.92 Å². The van der Waals surface area contributed by atoms with Crippen LogP contribution in [0.2, 0.25) is 0 Å². The number of ketones is 2. The van der Waals surface area contributed by atoms with Crippen LogP contribution in [0.4, 0.5) is 0 Å². The largest absolute Gasteiger partial charge is 0.299 e. The van der Waals surface area contributed by atoms with E-state index < -0.39 is 5.92 Å². The molecule has 2 heteroatoms. The number of benzene rings is 1. The van der Waals surface area contributed by atoms with Crippen molar-refractivity contribution >= 4 is 11.6 Å². The van der Waals surface area contributed by atoms with Crippen LogP contribution >= 0.6 is 0 Å². The lowest BCUT2D eigenvalue weighted by molar-refractivity contribution is -0.121. The van der Waals surface area contributed by atoms with E-state index in [4.69, 9.17) is 0 Å². The van der Waals surface area contributed by atoms with Gasteiger partial charge in [-0.05, 0) is 17.9 Å². The number of carbonyl (C=O) groups is 2. The normalized spacial score (nSPS) is 24.0. The van der Waals surface area contributed by atoms with Gasteiger partial charge in [-0.15, -0.1) is 0 Å². The van der Waals surface area contributed by atoms with Gasteiger partial charge in [0.15, 0.2) is 5.78 Å². The Labute approximate surface area is 95.7 Å². The lowest BCUT2D eigenvalue weighted by atomic mass is 9.75. The molecule has 16 heavy (non-hydrogen) atoms. The fourth-order valence-corrected chi connectivity index (χ4v) is 2.45. The minimum Gasteiger partial charge on any atom is -0.299 e. The molecule has 0 heterocycles. The molecule has 2 unspecified atom stereocenters. The SMILES string of the molecule is CCC(=O)C1CC(C)c2ccccc2C1=O. The molecule has 0 saturated heterocycles. The maximum atomic E-state index is 12.1. The van der Waals surface area contributed by atoms with Crippen molar-refractivity contribution in [2.24, 2.45) is 5.92 Å². The first-order valence-electron chi connectivity index (χ1n) is 5.81. The first-order valence-corrected chi connectivity index (χ1v) is 5.81. The van der Waals surface area contributed by atoms with Crippen LogP contribution in [-0.2, 0) is 4.79 Å². The Morgan fingerprint density at radius 3 is 2.75 bits per heavy atom. The molecule has 0 radical (unpaired) electrons. The zero-order valence-corrected chi connectivity index (χ0v) is 9.69. The summed E-state index contributed by atoms with van der Waals surface area (Å²) < 4.78 is 0. The van der Waals surface area contributed by atoms with E-state index in [9.17, 15) is 9.59 Å². The third-order valence-corrected chi connectivity index (χ3v) is 3.40. The second-order valence-electron chi connectivity index (χ2n) is 4.46. The van der Waals surface area contributed by atoms with Crippen molar-refractivity contribution in [1.82, 2.24) is 0 Å². The molecule has 0 saturated carbocycles. The zero-order chi connectivity index (χ0) is 11.7. The van der Waals surface area contributed by atoms with Crippen molar-refractivity contribution in [2.45, 2.75) is 32.6 Å². The van der Waals surface area contributed by atoms with Crippen LogP contribution in [0, 0.1) is 5.92 Å². The predicted molar refractivity (Wildman–Crippen MR) is 62.6 cm³/mol. The Morgan fingerprint density at radius 2 is 2.06 bits per heavy atom. The number of rotatable bonds is 2. The first-order chi connectivity index (χ1) is 7.65. The number of hydrogen-bond acceptors (Lipinski definition) is 2. The highest BCUT2D eigenvalue weighted by Crippen LogP contribution is 2.35. The molecular formula is C14H16O2. The number of Topliss-reactive ketones (excluding diaryl/α,β-unsaturated/α-hetero) is 2. The summed E-state index contributed by atoms with van der Waals surface area (Å²) in [6, 6.07) is 7.64. The minimum absolute atomic E-state index is 0.0144. The summed E-state index contributed by atoms with van der Waals surface area (Å²) in [5.74, 6) is -0.0174. The summed E-state index contributed by atoms with van der Waals surface area (Å²) in [7, 11) is 0. The van der Waals surface area contributed by atoms with Crippen molar-refractivity contribution < 1.29 is 9.59 Å². The van der Waals surface area contributed by atoms with E-state index in [0.29, 0.717) is 18.8 Å². The molecule has 0 aromatic heterocycles. The summed E-state index contributed by atoms with van der Waals surface area (Å²) in [4.78, 5) is 23.9. The lowest BCUT2D eigenvalue weighted by Gasteiger charge is -2.27. The van der Waals surface area contributed by atoms with E-state index in [2.05, 4.69) is 6.92 Å². The maximum absolute atomic E-state index is 12.1. The topological polar surface area (TPSA) is 34.1 Å². The summed E-state index contributed by atoms with van der Waals surface area (Å²) in [5.41, 5.74) is 1.83. The zero-order valence-electron chi connectivity index (χ0n) is 9.69. The molecule has 0 amide bonds. The van der Waals surface area contributed by atoms with E-state index in [1.54, 1.807) is 0 Å². The second kappa shape index (κ2) is 4.20. The molecule has 1 aliphatic rings. The van der Waals surface area contributed by atoms with E-state index in [1.807, 2.05) is 31.2 Å². The number of carbonyl (C=O) groups excluding carboxylic acids is 2. The van der Waals surface area contributed by atoms with Crippen LogP contribution in [0.25, 0.3) is 0 Å². The Kier molecular flexibility index (Phi) is 2.90. The number of hydrogen-bond donors (Lipinski definition) is 0. The monoisotopic (exact) mass is 216 g/mol. The van der Waals surface area contributed by atoms with E-state index in [-0.39, 0.29) is 11.6 Å². The number of fused-ring (bicyclic) bond motifs is 1. The van der Waals surface area contributed by atoms with Crippen LogP contribution in [0.15, 0.2) is 24.3 Å². The Balaban J connectivity index is 2.42. The van der Waals surface area contributed by atoms with Gasteiger partial charge in [0.1, 0.15) is 5.78 Å². The van der Waals surface area contributed by atoms with Crippen molar-refractivity contribution in [2.75, 3.05) is 0 Å². The fraction of sp³-hybridized carbons (Fsp3) is 0.429. The molecule has 0 spiro atoms. The van der Waals surface area contributed by atoms with Crippen LogP contribution in [-0.4, -0.2) is 11.6 Å². The molecule has 1 aromatic rings. The molecular weight excluding hydrogens is 200 g/mol. The Bertz CT molecular complexity index is 434. The molecule has 2 nitrogen and oxygen atoms in total. The van der Waals surface area contributed by atoms with Crippen molar-refractivity contribution in [3.8, 4) is 0 Å². The van der Waals surface area contributed by atoms with Gasteiger partial charge in [0.25, 0.3) is 0 Å². The van der Waals surface area contributed by atoms with Crippen LogP contribution in [0.5, 0.6) is 0 Å². The van der Waals surface area contributed by atoms with Gasteiger partial charge in [0, 0.05) is 12.0 Å². The highest BCUT2D eigenvalue weighted by Gasteiger charge is 2.34. The third-order valence-electron chi connectivity index (χ3n) is 3.40. The Hall–Kier alpha value is -1.44. The molecule has 2 atom stereocenters. The van der Waals surface area contributed by atoms with E-state index in [0.717, 1.165) is 11.1 Å². The van der Waals surface area contributed by atoms with Crippen LogP contribution in [0.3, 0.4) is 0 Å². The molecule has 0 aliphatic heterocycles. The molecule has 2 rings (SSSR count). The van der Waals surface area contributed by atoms with Crippen molar-refractivity contribution in [3.05, 3.63) is 35.4 Å². The van der Waals surface area contributed by atoms with Gasteiger partial charge in [-0.1, -0.05) is 38.1 Å². The van der Waals surface area contributed by atoms with Gasteiger partial charge in [0.2, 0.25) is 0 Å². The van der Waals surface area contributed by atoms with Crippen molar-refractivity contribution in [1.29, 1.82) is 0 Å². The standard InChI is InChI=1S/C14H16O2/c1-3-13(15)12-8-9(2)10-6-4-5-7-11(10)14(12)16/h4-7,9,12H,3,8H2,1-2H3. The smallest absolute Gasteiger partial charge is 0.173 e. The molecule has 1 aliphatic carbocycles. The molecule has 84 valence electrons. The highest BCUT2D eigenvalue weighted by atomic mass is 16.1. The van der Waals surface area contributed by atoms with Gasteiger partial charge in [-0.25, -0.2) is 0 Å². The lowest BCUT2D eigenvalue weighted by Crippen LogP contribution is -2.30. The highest BCUT2D eigenvalue weighted by molar-refractivity contribution is 6.12. The maximum Gasteiger partial charge on any atom is 0.173 e. The summed E-state index contributed by atoms with van der Waals surface area (Å²) in [6.45, 7) is 3.90. The summed E-state index contributed by atoms with van der Waals surface area (Å²) in [6.07, 6.45) is 1.12. The predicted octanol–water partition coefficient (Wildman–Crippen LogP) is 2.97. The average molecular weight is 216 g/mol. The molecule has 1 aromatic carbocycles. The van der Waals surface area contributed by atoms with E-state index >= 15 is 0 Å². The minimum atomic E-state index is -0.408. The summed E-state index contributed by atoms with van der Waals surface area (Å²) in [5, 5.41) is 0. The van der Waals surface area contributed by atoms with E-state index in [1.165, 1.54) is 0 Å². The molecule has 0 N–H and O–H groups in total. The first kappa shape index (κ1) is 11.1. The summed E-state index contributed by atoms with van der Waals surface area (Å²) >= 11 is 0. The van der Waals surface area contributed by atoms with Gasteiger partial charge in [-0.3, -0.25) is 9.59 Å². The Morgan fingerprint density at radius 1 is 1.38 bits per heavy atom. The fourth-order valence-electron chi connectivity index (χ4n) is 2.45. The van der Waals surface area contributed by atoms with Gasteiger partial charge < -0.3 is 0 Å². The molecule has 0 bridgehead atoms.